The molecular formula is C25H48NO4+. The monoisotopic (exact) mass is 426 g/mol. The van der Waals surface area contributed by atoms with Gasteiger partial charge in [0.1, 0.15) is 6.54 Å². The van der Waals surface area contributed by atoms with Crippen LogP contribution in [0.15, 0.2) is 12.2 Å². The highest BCUT2D eigenvalue weighted by Gasteiger charge is 2.24. The van der Waals surface area contributed by atoms with Gasteiger partial charge in [-0.3, -0.25) is 9.59 Å². The Morgan fingerprint density at radius 2 is 1.33 bits per heavy atom. The summed E-state index contributed by atoms with van der Waals surface area (Å²) in [6.07, 6.45) is 20.2. The fourth-order valence-corrected chi connectivity index (χ4v) is 3.53. The number of ether oxygens (including phenoxy) is 1. The van der Waals surface area contributed by atoms with Crippen molar-refractivity contribution in [1.29, 1.82) is 0 Å². The molecule has 0 aliphatic rings. The number of nitrogens with zero attached hydrogens (tertiary/aromatic N) is 1. The van der Waals surface area contributed by atoms with Crippen LogP contribution in [0.2, 0.25) is 0 Å². The standard InChI is InChI=1S/C25H47NO4/c1-5-6-7-8-9-10-11-12-13-14-15-16-17-18-19-20-25(29)30-23(21-24(27)28)22-26(2,3)4/h12-13,23H,5-11,14-22H2,1-4H3/p+1/b13-12-. The van der Waals surface area contributed by atoms with Crippen molar-refractivity contribution < 1.29 is 23.9 Å². The minimum Gasteiger partial charge on any atom is -0.481 e. The smallest absolute Gasteiger partial charge is 0.307 e. The summed E-state index contributed by atoms with van der Waals surface area (Å²) >= 11 is 0. The summed E-state index contributed by atoms with van der Waals surface area (Å²) in [5.74, 6) is -1.20. The van der Waals surface area contributed by atoms with Gasteiger partial charge in [-0.15, -0.1) is 0 Å². The first-order valence-electron chi connectivity index (χ1n) is 12.1. The van der Waals surface area contributed by atoms with Crippen LogP contribution in [0.5, 0.6) is 0 Å². The van der Waals surface area contributed by atoms with Gasteiger partial charge >= 0.3 is 11.9 Å². The minimum absolute atomic E-state index is 0.131. The van der Waals surface area contributed by atoms with Gasteiger partial charge in [0, 0.05) is 6.42 Å². The van der Waals surface area contributed by atoms with Crippen LogP contribution in [0.4, 0.5) is 0 Å². The Hall–Kier alpha value is -1.36. The summed E-state index contributed by atoms with van der Waals surface area (Å²) in [6.45, 7) is 2.76. The predicted octanol–water partition coefficient (Wildman–Crippen LogP) is 6.12. The van der Waals surface area contributed by atoms with Crippen molar-refractivity contribution in [2.24, 2.45) is 0 Å². The number of allylic oxidation sites excluding steroid dienone is 2. The van der Waals surface area contributed by atoms with Crippen molar-refractivity contribution in [3.8, 4) is 0 Å². The third-order valence-electron chi connectivity index (χ3n) is 5.09. The first kappa shape index (κ1) is 28.6. The van der Waals surface area contributed by atoms with Crippen LogP contribution in [0.1, 0.15) is 103 Å². The number of hydrogen-bond acceptors (Lipinski definition) is 3. The molecule has 176 valence electrons. The Labute approximate surface area is 185 Å². The third kappa shape index (κ3) is 21.4. The average Bonchev–Trinajstić information content (AvgIpc) is 2.63. The number of rotatable bonds is 20. The van der Waals surface area contributed by atoms with E-state index in [0.29, 0.717) is 17.4 Å². The van der Waals surface area contributed by atoms with Crippen molar-refractivity contribution in [1.82, 2.24) is 0 Å². The predicted molar refractivity (Wildman–Crippen MR) is 124 cm³/mol. The van der Waals surface area contributed by atoms with Gasteiger partial charge in [0.05, 0.1) is 27.6 Å². The molecule has 5 heteroatoms. The molecule has 0 aliphatic heterocycles. The lowest BCUT2D eigenvalue weighted by Gasteiger charge is -2.28. The first-order valence-corrected chi connectivity index (χ1v) is 12.1. The minimum atomic E-state index is -0.928. The lowest BCUT2D eigenvalue weighted by atomic mass is 10.1. The van der Waals surface area contributed by atoms with E-state index in [1.165, 1.54) is 57.8 Å². The molecule has 1 unspecified atom stereocenters. The molecule has 0 radical (unpaired) electrons. The van der Waals surface area contributed by atoms with E-state index in [0.717, 1.165) is 25.7 Å². The molecule has 30 heavy (non-hydrogen) atoms. The van der Waals surface area contributed by atoms with Crippen molar-refractivity contribution in [2.45, 2.75) is 109 Å². The zero-order chi connectivity index (χ0) is 22.7. The molecule has 0 saturated carbocycles. The topological polar surface area (TPSA) is 63.6 Å². The fourth-order valence-electron chi connectivity index (χ4n) is 3.53. The maximum absolute atomic E-state index is 12.0. The molecule has 1 N–H and O–H groups in total. The van der Waals surface area contributed by atoms with Gasteiger partial charge in [0.2, 0.25) is 0 Å². The third-order valence-corrected chi connectivity index (χ3v) is 5.09. The number of carbonyl (C=O) groups is 2. The van der Waals surface area contributed by atoms with Gasteiger partial charge < -0.3 is 14.3 Å². The van der Waals surface area contributed by atoms with E-state index in [9.17, 15) is 9.59 Å². The number of aliphatic carboxylic acids is 1. The molecule has 0 spiro atoms. The van der Waals surface area contributed by atoms with Gasteiger partial charge in [-0.2, -0.15) is 0 Å². The second-order valence-electron chi connectivity index (χ2n) is 9.52. The number of unbranched alkanes of at least 4 members (excludes halogenated alkanes) is 11. The summed E-state index contributed by atoms with van der Waals surface area (Å²) in [4.78, 5) is 23.0. The molecule has 0 aromatic rings. The van der Waals surface area contributed by atoms with Gasteiger partial charge in [0.15, 0.2) is 6.10 Å². The number of carboxylic acids is 1. The van der Waals surface area contributed by atoms with Gasteiger partial charge in [0.25, 0.3) is 0 Å². The second kappa shape index (κ2) is 18.4. The highest BCUT2D eigenvalue weighted by Crippen LogP contribution is 2.12. The lowest BCUT2D eigenvalue weighted by Crippen LogP contribution is -2.43. The van der Waals surface area contributed by atoms with Crippen LogP contribution >= 0.6 is 0 Å². The molecule has 0 heterocycles. The summed E-state index contributed by atoms with van der Waals surface area (Å²) in [6, 6.07) is 0. The summed E-state index contributed by atoms with van der Waals surface area (Å²) in [7, 11) is 5.89. The van der Waals surface area contributed by atoms with Crippen LogP contribution in [0.25, 0.3) is 0 Å². The first-order chi connectivity index (χ1) is 14.2. The number of carboxylic acid groups (broad SMARTS) is 1. The van der Waals surface area contributed by atoms with E-state index < -0.39 is 12.1 Å². The highest BCUT2D eigenvalue weighted by molar-refractivity contribution is 5.71. The molecule has 0 bridgehead atoms. The Bertz CT molecular complexity index is 468. The van der Waals surface area contributed by atoms with Crippen LogP contribution in [-0.4, -0.2) is 55.3 Å². The number of esters is 1. The zero-order valence-electron chi connectivity index (χ0n) is 20.2. The Morgan fingerprint density at radius 3 is 1.83 bits per heavy atom. The summed E-state index contributed by atoms with van der Waals surface area (Å²) in [5, 5.41) is 9.01. The number of carbonyl (C=O) groups excluding carboxylic acids is 1. The fraction of sp³-hybridized carbons (Fsp3) is 0.840. The van der Waals surface area contributed by atoms with Crippen molar-refractivity contribution in [3.63, 3.8) is 0 Å². The maximum atomic E-state index is 12.0. The Morgan fingerprint density at radius 1 is 0.833 bits per heavy atom. The van der Waals surface area contributed by atoms with Gasteiger partial charge in [-0.1, -0.05) is 70.4 Å². The molecule has 0 aliphatic carbocycles. The molecule has 0 rings (SSSR count). The molecule has 5 nitrogen and oxygen atoms in total. The largest absolute Gasteiger partial charge is 0.481 e. The zero-order valence-corrected chi connectivity index (χ0v) is 20.2. The normalized spacial score (nSPS) is 12.9. The quantitative estimate of drug-likeness (QED) is 0.110. The van der Waals surface area contributed by atoms with E-state index >= 15 is 0 Å². The summed E-state index contributed by atoms with van der Waals surface area (Å²) in [5.41, 5.74) is 0. The van der Waals surface area contributed by atoms with Crippen molar-refractivity contribution in [2.75, 3.05) is 27.7 Å². The van der Waals surface area contributed by atoms with Crippen molar-refractivity contribution >= 4 is 11.9 Å². The van der Waals surface area contributed by atoms with Crippen LogP contribution in [-0.2, 0) is 14.3 Å². The second-order valence-corrected chi connectivity index (χ2v) is 9.52. The van der Waals surface area contributed by atoms with Gasteiger partial charge in [-0.25, -0.2) is 0 Å². The lowest BCUT2D eigenvalue weighted by molar-refractivity contribution is -0.873. The van der Waals surface area contributed by atoms with Crippen LogP contribution in [0.3, 0.4) is 0 Å². The number of hydrogen-bond donors (Lipinski definition) is 1. The molecule has 1 atom stereocenters. The average molecular weight is 427 g/mol. The highest BCUT2D eigenvalue weighted by atomic mass is 16.5. The van der Waals surface area contributed by atoms with E-state index in [1.807, 2.05) is 21.1 Å². The van der Waals surface area contributed by atoms with Crippen LogP contribution in [0, 0.1) is 0 Å². The summed E-state index contributed by atoms with van der Waals surface area (Å²) < 4.78 is 5.98. The van der Waals surface area contributed by atoms with Gasteiger partial charge in [-0.05, 0) is 32.1 Å². The number of quaternary nitrogens is 1. The molecule has 0 amide bonds. The molecule has 0 aromatic carbocycles. The van der Waals surface area contributed by atoms with E-state index in [-0.39, 0.29) is 12.4 Å². The molecule has 0 aromatic heterocycles. The van der Waals surface area contributed by atoms with E-state index in [1.54, 1.807) is 0 Å². The van der Waals surface area contributed by atoms with Crippen LogP contribution < -0.4 is 0 Å². The maximum Gasteiger partial charge on any atom is 0.307 e. The molecule has 0 fully saturated rings. The Balaban J connectivity index is 3.65. The SMILES string of the molecule is CCCCCCCC/C=C\CCCCCCCC(=O)OC(CC(=O)O)C[N+](C)(C)C. The molecule has 0 saturated heterocycles. The van der Waals surface area contributed by atoms with E-state index in [4.69, 9.17) is 9.84 Å². The number of likely N-dealkylation sites (N-methyl/N-ethyl adjacent to an activating group) is 1. The molecular weight excluding hydrogens is 378 g/mol. The van der Waals surface area contributed by atoms with E-state index in [2.05, 4.69) is 19.1 Å². The van der Waals surface area contributed by atoms with Crippen molar-refractivity contribution in [3.05, 3.63) is 12.2 Å². The Kier molecular flexibility index (Phi) is 17.6.